The van der Waals surface area contributed by atoms with Crippen LogP contribution in [-0.2, 0) is 25.7 Å². The third-order valence-electron chi connectivity index (χ3n) is 9.94. The van der Waals surface area contributed by atoms with Crippen LogP contribution in [-0.4, -0.2) is 69.6 Å². The van der Waals surface area contributed by atoms with E-state index in [0.29, 0.717) is 31.6 Å². The molecule has 0 radical (unpaired) electrons. The summed E-state index contributed by atoms with van der Waals surface area (Å²) in [7, 11) is 0. The number of nitrogens with zero attached hydrogens (tertiary/aromatic N) is 3. The zero-order valence-electron chi connectivity index (χ0n) is 25.2. The Kier molecular flexibility index (Phi) is 7.42. The number of anilines is 1. The lowest BCUT2D eigenvalue weighted by Crippen LogP contribution is -2.57. The molecule has 230 valence electrons. The van der Waals surface area contributed by atoms with E-state index in [0.717, 1.165) is 11.3 Å². The first kappa shape index (κ1) is 29.2. The molecular weight excluding hydrogens is 566 g/mol. The molecule has 3 amide bonds. The van der Waals surface area contributed by atoms with Crippen LogP contribution >= 0.6 is 0 Å². The minimum Gasteiger partial charge on any atom is -0.394 e. The molecule has 8 heteroatoms. The lowest BCUT2D eigenvalue weighted by molar-refractivity contribution is -0.156. The topological polar surface area (TPSA) is 90.4 Å². The Morgan fingerprint density at radius 1 is 0.800 bits per heavy atom. The molecule has 4 heterocycles. The Balaban J connectivity index is 1.38. The van der Waals surface area contributed by atoms with Crippen LogP contribution in [0.2, 0.25) is 0 Å². The molecule has 0 saturated carbocycles. The quantitative estimate of drug-likeness (QED) is 0.408. The Bertz CT molecular complexity index is 1640. The number of aliphatic hydroxyl groups is 1. The van der Waals surface area contributed by atoms with Crippen molar-refractivity contribution in [2.75, 3.05) is 24.6 Å². The molecule has 0 bridgehead atoms. The number of likely N-dealkylation sites (tertiary alicyclic amines) is 1. The molecule has 3 aromatic rings. The standard InChI is InChI=1S/C37H37N3O5/c1-2-36-20-12-23-39(28-18-10-5-11-19-28)33(42)30(36)31-34(43)40(29(25-41)27-16-8-4-9-17-27)32-35(44)38(22-13-21-37(31,32)45-36)24-26-14-6-3-7-15-26/h3-21,29-32,41H,2,22-25H2,1H3/t29-,30-,31+,32?,36+,37+/m1/s1. The predicted molar refractivity (Wildman–Crippen MR) is 170 cm³/mol. The highest BCUT2D eigenvalue weighted by atomic mass is 16.5. The van der Waals surface area contributed by atoms with E-state index in [2.05, 4.69) is 0 Å². The van der Waals surface area contributed by atoms with Crippen LogP contribution in [0.3, 0.4) is 0 Å². The Morgan fingerprint density at radius 3 is 2.11 bits per heavy atom. The van der Waals surface area contributed by atoms with Gasteiger partial charge in [-0.05, 0) is 29.7 Å². The van der Waals surface area contributed by atoms with E-state index in [1.54, 1.807) is 9.80 Å². The summed E-state index contributed by atoms with van der Waals surface area (Å²) in [4.78, 5) is 49.5. The number of carbonyl (C=O) groups is 3. The molecule has 1 unspecified atom stereocenters. The third-order valence-corrected chi connectivity index (χ3v) is 9.94. The number of ether oxygens (including phenoxy) is 1. The van der Waals surface area contributed by atoms with Crippen LogP contribution in [0.4, 0.5) is 5.69 Å². The van der Waals surface area contributed by atoms with Gasteiger partial charge in [0.25, 0.3) is 0 Å². The molecule has 4 aliphatic heterocycles. The van der Waals surface area contributed by atoms with E-state index < -0.39 is 41.7 Å². The summed E-state index contributed by atoms with van der Waals surface area (Å²) >= 11 is 0. The van der Waals surface area contributed by atoms with Gasteiger partial charge < -0.3 is 24.5 Å². The van der Waals surface area contributed by atoms with Crippen LogP contribution in [0.1, 0.15) is 30.5 Å². The van der Waals surface area contributed by atoms with Crippen LogP contribution in [0.5, 0.6) is 0 Å². The zero-order chi connectivity index (χ0) is 31.2. The maximum Gasteiger partial charge on any atom is 0.249 e. The largest absolute Gasteiger partial charge is 0.394 e. The summed E-state index contributed by atoms with van der Waals surface area (Å²) in [6, 6.07) is 26.5. The SMILES string of the molecule is CC[C@]12C=CCN(c3ccccc3)C(=O)[C@H]1[C@H]1C(=O)N([C@H](CO)c3ccccc3)C3C(=O)N(Cc4ccccc4)CC=C[C@@]31O2. The maximum absolute atomic E-state index is 15.0. The smallest absolute Gasteiger partial charge is 0.249 e. The fourth-order valence-corrected chi connectivity index (χ4v) is 7.90. The lowest BCUT2D eigenvalue weighted by atomic mass is 9.73. The van der Waals surface area contributed by atoms with Crippen molar-refractivity contribution in [3.05, 3.63) is 126 Å². The minimum absolute atomic E-state index is 0.213. The van der Waals surface area contributed by atoms with Crippen LogP contribution in [0.15, 0.2) is 115 Å². The van der Waals surface area contributed by atoms with Crippen molar-refractivity contribution in [1.82, 2.24) is 9.80 Å². The number of hydrogen-bond acceptors (Lipinski definition) is 5. The first-order valence-electron chi connectivity index (χ1n) is 15.7. The molecule has 1 N–H and O–H groups in total. The van der Waals surface area contributed by atoms with Gasteiger partial charge in [-0.25, -0.2) is 0 Å². The molecule has 0 aromatic heterocycles. The second-order valence-corrected chi connectivity index (χ2v) is 12.3. The van der Waals surface area contributed by atoms with Crippen LogP contribution in [0, 0.1) is 11.8 Å². The van der Waals surface area contributed by atoms with Crippen molar-refractivity contribution >= 4 is 23.4 Å². The number of fused-ring (bicyclic) bond motifs is 2. The number of hydrogen-bond donors (Lipinski definition) is 1. The number of benzene rings is 3. The fourth-order valence-electron chi connectivity index (χ4n) is 7.90. The van der Waals surface area contributed by atoms with Gasteiger partial charge in [0, 0.05) is 25.3 Å². The van der Waals surface area contributed by atoms with Crippen molar-refractivity contribution in [1.29, 1.82) is 0 Å². The molecule has 45 heavy (non-hydrogen) atoms. The molecule has 3 aromatic carbocycles. The molecule has 6 atom stereocenters. The summed E-state index contributed by atoms with van der Waals surface area (Å²) in [5.74, 6) is -2.70. The van der Waals surface area contributed by atoms with E-state index in [-0.39, 0.29) is 17.7 Å². The monoisotopic (exact) mass is 603 g/mol. The minimum atomic E-state index is -1.41. The number of amides is 3. The number of carbonyl (C=O) groups excluding carboxylic acids is 3. The van der Waals surface area contributed by atoms with Crippen molar-refractivity contribution < 1.29 is 24.2 Å². The van der Waals surface area contributed by atoms with Crippen molar-refractivity contribution in [3.8, 4) is 0 Å². The first-order chi connectivity index (χ1) is 21.9. The van der Waals surface area contributed by atoms with Gasteiger partial charge in [-0.15, -0.1) is 0 Å². The average molecular weight is 604 g/mol. The normalized spacial score (nSPS) is 29.7. The second kappa shape index (κ2) is 11.4. The second-order valence-electron chi connectivity index (χ2n) is 12.3. The van der Waals surface area contributed by atoms with E-state index >= 15 is 0 Å². The molecule has 0 aliphatic carbocycles. The van der Waals surface area contributed by atoms with Gasteiger partial charge in [-0.1, -0.05) is 110 Å². The van der Waals surface area contributed by atoms with E-state index in [9.17, 15) is 19.5 Å². The van der Waals surface area contributed by atoms with Crippen molar-refractivity contribution in [2.24, 2.45) is 11.8 Å². The summed E-state index contributed by atoms with van der Waals surface area (Å²) in [5, 5.41) is 10.8. The van der Waals surface area contributed by atoms with Gasteiger partial charge >= 0.3 is 0 Å². The van der Waals surface area contributed by atoms with Gasteiger partial charge in [0.05, 0.1) is 30.1 Å². The molecule has 1 spiro atoms. The highest BCUT2D eigenvalue weighted by molar-refractivity contribution is 6.04. The summed E-state index contributed by atoms with van der Waals surface area (Å²) in [6.07, 6.45) is 8.08. The maximum atomic E-state index is 15.0. The summed E-state index contributed by atoms with van der Waals surface area (Å²) in [5.41, 5.74) is -0.103. The average Bonchev–Trinajstić information content (AvgIpc) is 3.37. The molecule has 7 rings (SSSR count). The molecule has 4 aliphatic rings. The molecule has 2 fully saturated rings. The summed E-state index contributed by atoms with van der Waals surface area (Å²) < 4.78 is 7.12. The number of para-hydroxylation sites is 1. The molecule has 8 nitrogen and oxygen atoms in total. The highest BCUT2D eigenvalue weighted by Gasteiger charge is 2.76. The third kappa shape index (κ3) is 4.54. The van der Waals surface area contributed by atoms with Gasteiger partial charge in [0.1, 0.15) is 11.6 Å². The lowest BCUT2D eigenvalue weighted by Gasteiger charge is -2.41. The van der Waals surface area contributed by atoms with Gasteiger partial charge in [-0.2, -0.15) is 0 Å². The highest BCUT2D eigenvalue weighted by Crippen LogP contribution is 2.60. The summed E-state index contributed by atoms with van der Waals surface area (Å²) in [6.45, 7) is 2.58. The fraction of sp³-hybridized carbons (Fsp3) is 0.324. The first-order valence-corrected chi connectivity index (χ1v) is 15.7. The van der Waals surface area contributed by atoms with Crippen molar-refractivity contribution in [2.45, 2.75) is 43.2 Å². The number of aliphatic hydroxyl groups excluding tert-OH is 1. The zero-order valence-corrected chi connectivity index (χ0v) is 25.2. The Morgan fingerprint density at radius 2 is 1.44 bits per heavy atom. The Labute approximate surface area is 263 Å². The number of rotatable bonds is 7. The van der Waals surface area contributed by atoms with E-state index in [4.69, 9.17) is 4.74 Å². The Hall–Kier alpha value is -4.53. The van der Waals surface area contributed by atoms with Crippen molar-refractivity contribution in [3.63, 3.8) is 0 Å². The van der Waals surface area contributed by atoms with E-state index in [1.165, 1.54) is 4.90 Å². The van der Waals surface area contributed by atoms with Crippen LogP contribution < -0.4 is 4.90 Å². The molecule has 2 saturated heterocycles. The molecular formula is C37H37N3O5. The van der Waals surface area contributed by atoms with Gasteiger partial charge in [-0.3, -0.25) is 14.4 Å². The van der Waals surface area contributed by atoms with E-state index in [1.807, 2.05) is 122 Å². The van der Waals surface area contributed by atoms with Crippen LogP contribution in [0.25, 0.3) is 0 Å². The van der Waals surface area contributed by atoms with Gasteiger partial charge in [0.15, 0.2) is 0 Å². The van der Waals surface area contributed by atoms with Gasteiger partial charge in [0.2, 0.25) is 17.7 Å². The predicted octanol–water partition coefficient (Wildman–Crippen LogP) is 4.28.